The molecule has 2 rings (SSSR count). The molecule has 2 heterocycles. The van der Waals surface area contributed by atoms with Crippen LogP contribution in [-0.2, 0) is 12.5 Å². The Kier molecular flexibility index (Phi) is 2.50. The molecule has 4 nitrogen and oxygen atoms in total. The molecule has 1 aromatic heterocycles. The topological polar surface area (TPSA) is 55.1 Å². The van der Waals surface area contributed by atoms with E-state index < -0.39 is 5.97 Å². The molecule has 0 radical (unpaired) electrons. The van der Waals surface area contributed by atoms with Crippen LogP contribution in [0, 0.1) is 0 Å². The van der Waals surface area contributed by atoms with Gasteiger partial charge in [-0.05, 0) is 18.2 Å². The number of aromatic carboxylic acids is 1. The number of aromatic nitrogens is 2. The third-order valence-corrected chi connectivity index (χ3v) is 4.27. The first-order valence-electron chi connectivity index (χ1n) is 4.88. The van der Waals surface area contributed by atoms with Gasteiger partial charge in [-0.2, -0.15) is 16.9 Å². The normalized spacial score (nSPS) is 25.7. The van der Waals surface area contributed by atoms with E-state index in [1.807, 2.05) is 18.8 Å². The van der Waals surface area contributed by atoms with Crippen LogP contribution in [0.3, 0.4) is 0 Å². The molecular formula is C10H14N2O2S. The fourth-order valence-electron chi connectivity index (χ4n) is 2.01. The molecule has 0 spiro atoms. The molecule has 0 aliphatic carbocycles. The molecule has 1 unspecified atom stereocenters. The molecule has 1 N–H and O–H groups in total. The zero-order chi connectivity index (χ0) is 11.1. The van der Waals surface area contributed by atoms with Crippen molar-refractivity contribution < 1.29 is 9.90 Å². The van der Waals surface area contributed by atoms with Gasteiger partial charge in [-0.15, -0.1) is 0 Å². The second-order valence-electron chi connectivity index (χ2n) is 4.21. The van der Waals surface area contributed by atoms with E-state index in [9.17, 15) is 4.79 Å². The lowest BCUT2D eigenvalue weighted by molar-refractivity contribution is 0.0689. The maximum atomic E-state index is 10.8. The first-order valence-corrected chi connectivity index (χ1v) is 6.04. The van der Waals surface area contributed by atoms with Gasteiger partial charge in [-0.3, -0.25) is 4.68 Å². The van der Waals surface area contributed by atoms with Crippen LogP contribution in [0.4, 0.5) is 0 Å². The van der Waals surface area contributed by atoms with Crippen molar-refractivity contribution in [2.24, 2.45) is 7.05 Å². The van der Waals surface area contributed by atoms with E-state index in [0.717, 1.165) is 23.6 Å². The number of thioether (sulfide) groups is 1. The largest absolute Gasteiger partial charge is 0.476 e. The Morgan fingerprint density at radius 3 is 2.93 bits per heavy atom. The standard InChI is InChI=1S/C10H14N2O2S/c1-10(3-4-15-6-10)8-5-7(9(13)14)11-12(8)2/h5H,3-4,6H2,1-2H3,(H,13,14). The summed E-state index contributed by atoms with van der Waals surface area (Å²) in [5.41, 5.74) is 1.26. The van der Waals surface area contributed by atoms with Crippen molar-refractivity contribution in [3.05, 3.63) is 17.5 Å². The molecule has 5 heteroatoms. The molecule has 0 amide bonds. The third-order valence-electron chi connectivity index (χ3n) is 2.94. The van der Waals surface area contributed by atoms with E-state index in [4.69, 9.17) is 5.11 Å². The molecule has 0 bridgehead atoms. The summed E-state index contributed by atoms with van der Waals surface area (Å²) >= 11 is 1.91. The predicted octanol–water partition coefficient (Wildman–Crippen LogP) is 1.51. The van der Waals surface area contributed by atoms with Crippen LogP contribution in [-0.4, -0.2) is 32.4 Å². The van der Waals surface area contributed by atoms with Crippen molar-refractivity contribution in [3.8, 4) is 0 Å². The first-order chi connectivity index (χ1) is 7.03. The molecule has 1 fully saturated rings. The van der Waals surface area contributed by atoms with Crippen molar-refractivity contribution in [2.45, 2.75) is 18.8 Å². The van der Waals surface area contributed by atoms with Crippen LogP contribution in [0.1, 0.15) is 29.5 Å². The van der Waals surface area contributed by atoms with E-state index in [0.29, 0.717) is 0 Å². The Labute approximate surface area is 92.7 Å². The van der Waals surface area contributed by atoms with Crippen LogP contribution < -0.4 is 0 Å². The van der Waals surface area contributed by atoms with Crippen LogP contribution in [0.5, 0.6) is 0 Å². The number of hydrogen-bond acceptors (Lipinski definition) is 3. The number of carbonyl (C=O) groups is 1. The monoisotopic (exact) mass is 226 g/mol. The molecule has 82 valence electrons. The van der Waals surface area contributed by atoms with Crippen molar-refractivity contribution in [3.63, 3.8) is 0 Å². The summed E-state index contributed by atoms with van der Waals surface area (Å²) in [4.78, 5) is 10.8. The number of aryl methyl sites for hydroxylation is 1. The average Bonchev–Trinajstić information content (AvgIpc) is 2.73. The SMILES string of the molecule is Cn1nc(C(=O)O)cc1C1(C)CCSC1. The summed E-state index contributed by atoms with van der Waals surface area (Å²) in [6, 6.07) is 1.70. The maximum absolute atomic E-state index is 10.8. The Hall–Kier alpha value is -0.970. The summed E-state index contributed by atoms with van der Waals surface area (Å²) in [7, 11) is 1.82. The maximum Gasteiger partial charge on any atom is 0.356 e. The minimum Gasteiger partial charge on any atom is -0.476 e. The molecule has 1 saturated heterocycles. The van der Waals surface area contributed by atoms with Gasteiger partial charge in [0.15, 0.2) is 5.69 Å². The Bertz CT molecular complexity index is 394. The number of carboxylic acid groups (broad SMARTS) is 1. The van der Waals surface area contributed by atoms with E-state index in [1.54, 1.807) is 10.7 Å². The van der Waals surface area contributed by atoms with Gasteiger partial charge in [-0.1, -0.05) is 6.92 Å². The molecule has 15 heavy (non-hydrogen) atoms. The second-order valence-corrected chi connectivity index (χ2v) is 5.31. The molecule has 1 aliphatic rings. The fraction of sp³-hybridized carbons (Fsp3) is 0.600. The number of carboxylic acids is 1. The lowest BCUT2D eigenvalue weighted by Gasteiger charge is -2.22. The van der Waals surface area contributed by atoms with E-state index in [2.05, 4.69) is 12.0 Å². The second kappa shape index (κ2) is 3.56. The van der Waals surface area contributed by atoms with Gasteiger partial charge in [-0.25, -0.2) is 4.79 Å². The zero-order valence-corrected chi connectivity index (χ0v) is 9.67. The zero-order valence-electron chi connectivity index (χ0n) is 8.86. The summed E-state index contributed by atoms with van der Waals surface area (Å²) in [6.07, 6.45) is 1.09. The molecule has 1 atom stereocenters. The average molecular weight is 226 g/mol. The highest BCUT2D eigenvalue weighted by molar-refractivity contribution is 7.99. The Morgan fingerprint density at radius 1 is 1.73 bits per heavy atom. The number of nitrogens with zero attached hydrogens (tertiary/aromatic N) is 2. The minimum absolute atomic E-state index is 0.0834. The lowest BCUT2D eigenvalue weighted by Crippen LogP contribution is -2.24. The van der Waals surface area contributed by atoms with E-state index >= 15 is 0 Å². The smallest absolute Gasteiger partial charge is 0.356 e. The first kappa shape index (κ1) is 10.5. The van der Waals surface area contributed by atoms with Crippen LogP contribution >= 0.6 is 11.8 Å². The molecule has 0 aromatic carbocycles. The highest BCUT2D eigenvalue weighted by Gasteiger charge is 2.34. The van der Waals surface area contributed by atoms with Gasteiger partial charge in [0, 0.05) is 23.9 Å². The third kappa shape index (κ3) is 1.76. The Balaban J connectivity index is 2.39. The highest BCUT2D eigenvalue weighted by atomic mass is 32.2. The molecule has 0 saturated carbocycles. The van der Waals surface area contributed by atoms with Crippen molar-refractivity contribution in [1.82, 2.24) is 9.78 Å². The van der Waals surface area contributed by atoms with Gasteiger partial charge in [0.05, 0.1) is 0 Å². The van der Waals surface area contributed by atoms with Crippen LogP contribution in [0.25, 0.3) is 0 Å². The summed E-state index contributed by atoms with van der Waals surface area (Å²) in [6.45, 7) is 2.18. The van der Waals surface area contributed by atoms with Gasteiger partial charge in [0.2, 0.25) is 0 Å². The Morgan fingerprint density at radius 2 is 2.47 bits per heavy atom. The molecule has 1 aliphatic heterocycles. The van der Waals surface area contributed by atoms with Crippen molar-refractivity contribution >= 4 is 17.7 Å². The number of rotatable bonds is 2. The summed E-state index contributed by atoms with van der Waals surface area (Å²) in [5, 5.41) is 12.9. The molecular weight excluding hydrogens is 212 g/mol. The fourth-order valence-corrected chi connectivity index (χ4v) is 3.49. The quantitative estimate of drug-likeness (QED) is 0.830. The minimum atomic E-state index is -0.953. The van der Waals surface area contributed by atoms with Gasteiger partial charge < -0.3 is 5.11 Å². The summed E-state index contributed by atoms with van der Waals surface area (Å²) in [5.74, 6) is 1.24. The van der Waals surface area contributed by atoms with E-state index in [-0.39, 0.29) is 11.1 Å². The predicted molar refractivity (Wildman–Crippen MR) is 59.5 cm³/mol. The van der Waals surface area contributed by atoms with Crippen molar-refractivity contribution in [1.29, 1.82) is 0 Å². The van der Waals surface area contributed by atoms with Crippen LogP contribution in [0.15, 0.2) is 6.07 Å². The van der Waals surface area contributed by atoms with Crippen molar-refractivity contribution in [2.75, 3.05) is 11.5 Å². The van der Waals surface area contributed by atoms with Gasteiger partial charge >= 0.3 is 5.97 Å². The van der Waals surface area contributed by atoms with E-state index in [1.165, 1.54) is 0 Å². The van der Waals surface area contributed by atoms with Gasteiger partial charge in [0.1, 0.15) is 0 Å². The highest BCUT2D eigenvalue weighted by Crippen LogP contribution is 2.38. The summed E-state index contributed by atoms with van der Waals surface area (Å²) < 4.78 is 1.70. The van der Waals surface area contributed by atoms with Crippen LogP contribution in [0.2, 0.25) is 0 Å². The lowest BCUT2D eigenvalue weighted by atomic mass is 9.86. The number of hydrogen-bond donors (Lipinski definition) is 1. The van der Waals surface area contributed by atoms with Gasteiger partial charge in [0.25, 0.3) is 0 Å². The molecule has 1 aromatic rings.